The fraction of sp³-hybridized carbons (Fsp3) is 0.250. The lowest BCUT2D eigenvalue weighted by Crippen LogP contribution is -2.34. The number of likely N-dealkylation sites (N-methyl/N-ethyl adjacent to an activating group) is 1. The molecular weight excluding hydrogens is 346 g/mol. The molecule has 0 aliphatic rings. The number of methoxy groups -OCH3 is 1. The van der Waals surface area contributed by atoms with Gasteiger partial charge in [-0.1, -0.05) is 23.4 Å². The van der Waals surface area contributed by atoms with Crippen molar-refractivity contribution in [3.63, 3.8) is 0 Å². The van der Waals surface area contributed by atoms with Crippen LogP contribution in [0.25, 0.3) is 11.4 Å². The Morgan fingerprint density at radius 2 is 1.81 bits per heavy atom. The molecule has 0 atom stereocenters. The molecule has 0 saturated carbocycles. The largest absolute Gasteiger partial charge is 0.497 e. The molecule has 1 aromatic heterocycles. The normalized spacial score (nSPS) is 10.4. The number of aromatic nitrogens is 2. The van der Waals surface area contributed by atoms with Crippen LogP contribution in [0.1, 0.15) is 12.8 Å². The number of amides is 1. The Morgan fingerprint density at radius 3 is 2.48 bits per heavy atom. The second kappa shape index (κ2) is 8.84. The first-order chi connectivity index (χ1) is 13.2. The molecule has 3 rings (SSSR count). The van der Waals surface area contributed by atoms with Crippen LogP contribution in [0, 0.1) is 0 Å². The maximum atomic E-state index is 12.4. The zero-order valence-corrected chi connectivity index (χ0v) is 15.3. The van der Waals surface area contributed by atoms with Gasteiger partial charge >= 0.3 is 0 Å². The highest BCUT2D eigenvalue weighted by atomic mass is 16.5. The number of nitrogens with zero attached hydrogens (tertiary/aromatic N) is 3. The van der Waals surface area contributed by atoms with Crippen LogP contribution in [0.5, 0.6) is 11.5 Å². The molecule has 0 N–H and O–H groups in total. The highest BCUT2D eigenvalue weighted by Gasteiger charge is 2.17. The molecule has 0 aliphatic carbocycles. The second-order valence-electron chi connectivity index (χ2n) is 5.75. The van der Waals surface area contributed by atoms with Crippen LogP contribution < -0.4 is 9.47 Å². The smallest absolute Gasteiger partial charge is 0.260 e. The third kappa shape index (κ3) is 4.84. The molecule has 0 radical (unpaired) electrons. The summed E-state index contributed by atoms with van der Waals surface area (Å²) in [5, 5.41) is 3.99. The Balaban J connectivity index is 1.60. The van der Waals surface area contributed by atoms with Gasteiger partial charge in [-0.2, -0.15) is 4.98 Å². The number of ether oxygens (including phenoxy) is 2. The Hall–Kier alpha value is -3.35. The molecule has 0 saturated heterocycles. The van der Waals surface area contributed by atoms with Crippen molar-refractivity contribution in [3.05, 3.63) is 60.5 Å². The van der Waals surface area contributed by atoms with E-state index in [-0.39, 0.29) is 19.1 Å². The van der Waals surface area contributed by atoms with Crippen molar-refractivity contribution < 1.29 is 18.8 Å². The van der Waals surface area contributed by atoms with Gasteiger partial charge in [-0.25, -0.2) is 0 Å². The van der Waals surface area contributed by atoms with Gasteiger partial charge in [0.1, 0.15) is 18.0 Å². The number of carbonyl (C=O) groups is 1. The molecule has 0 bridgehead atoms. The fourth-order valence-electron chi connectivity index (χ4n) is 2.47. The van der Waals surface area contributed by atoms with Crippen molar-refractivity contribution >= 4 is 5.91 Å². The first kappa shape index (κ1) is 18.4. The molecule has 0 unspecified atom stereocenters. The average Bonchev–Trinajstić information content (AvgIpc) is 3.19. The maximum absolute atomic E-state index is 12.4. The second-order valence-corrected chi connectivity index (χ2v) is 5.75. The highest BCUT2D eigenvalue weighted by molar-refractivity contribution is 5.77. The molecule has 7 heteroatoms. The van der Waals surface area contributed by atoms with Crippen molar-refractivity contribution in [2.75, 3.05) is 20.3 Å². The van der Waals surface area contributed by atoms with E-state index in [0.717, 1.165) is 11.3 Å². The summed E-state index contributed by atoms with van der Waals surface area (Å²) in [5.74, 6) is 2.10. The standard InChI is InChI=1S/C20H21N3O4/c1-3-23(19(24)14-26-17-7-5-4-6-8-17)13-18-21-20(22-27-18)15-9-11-16(25-2)12-10-15/h4-12H,3,13-14H2,1-2H3. The van der Waals surface area contributed by atoms with E-state index < -0.39 is 0 Å². The van der Waals surface area contributed by atoms with E-state index in [0.29, 0.717) is 24.0 Å². The Labute approximate surface area is 157 Å². The number of carbonyl (C=O) groups excluding carboxylic acids is 1. The summed E-state index contributed by atoms with van der Waals surface area (Å²) in [6.45, 7) is 2.59. The van der Waals surface area contributed by atoms with Gasteiger partial charge < -0.3 is 18.9 Å². The van der Waals surface area contributed by atoms with Crippen molar-refractivity contribution in [2.24, 2.45) is 0 Å². The molecule has 3 aromatic rings. The lowest BCUT2D eigenvalue weighted by molar-refractivity contribution is -0.134. The first-order valence-corrected chi connectivity index (χ1v) is 8.62. The van der Waals surface area contributed by atoms with Gasteiger partial charge in [-0.05, 0) is 43.3 Å². The zero-order chi connectivity index (χ0) is 19.1. The van der Waals surface area contributed by atoms with E-state index in [1.807, 2.05) is 61.5 Å². The number of para-hydroxylation sites is 1. The van der Waals surface area contributed by atoms with Crippen LogP contribution in [0.15, 0.2) is 59.1 Å². The van der Waals surface area contributed by atoms with Crippen LogP contribution in [-0.4, -0.2) is 41.2 Å². The van der Waals surface area contributed by atoms with Crippen molar-refractivity contribution in [1.29, 1.82) is 0 Å². The van der Waals surface area contributed by atoms with Gasteiger partial charge in [0.05, 0.1) is 7.11 Å². The summed E-state index contributed by atoms with van der Waals surface area (Å²) >= 11 is 0. The molecule has 0 aliphatic heterocycles. The van der Waals surface area contributed by atoms with Gasteiger partial charge in [0.15, 0.2) is 6.61 Å². The first-order valence-electron chi connectivity index (χ1n) is 8.62. The summed E-state index contributed by atoms with van der Waals surface area (Å²) in [6, 6.07) is 16.6. The molecule has 140 valence electrons. The fourth-order valence-corrected chi connectivity index (χ4v) is 2.47. The van der Waals surface area contributed by atoms with Gasteiger partial charge in [0, 0.05) is 12.1 Å². The Morgan fingerprint density at radius 1 is 1.07 bits per heavy atom. The molecule has 1 amide bonds. The van der Waals surface area contributed by atoms with E-state index in [1.165, 1.54) is 0 Å². The lowest BCUT2D eigenvalue weighted by Gasteiger charge is -2.18. The lowest BCUT2D eigenvalue weighted by atomic mass is 10.2. The average molecular weight is 367 g/mol. The molecule has 0 fully saturated rings. The van der Waals surface area contributed by atoms with E-state index in [1.54, 1.807) is 12.0 Å². The molecule has 7 nitrogen and oxygen atoms in total. The topological polar surface area (TPSA) is 77.7 Å². The molecular formula is C20H21N3O4. The molecule has 1 heterocycles. The SMILES string of the molecule is CCN(Cc1nc(-c2ccc(OC)cc2)no1)C(=O)COc1ccccc1. The van der Waals surface area contributed by atoms with Crippen molar-refractivity contribution in [1.82, 2.24) is 15.0 Å². The van der Waals surface area contributed by atoms with Gasteiger partial charge in [0.25, 0.3) is 5.91 Å². The number of hydrogen-bond donors (Lipinski definition) is 0. The Bertz CT molecular complexity index is 862. The highest BCUT2D eigenvalue weighted by Crippen LogP contribution is 2.20. The van der Waals surface area contributed by atoms with Crippen LogP contribution in [-0.2, 0) is 11.3 Å². The zero-order valence-electron chi connectivity index (χ0n) is 15.3. The summed E-state index contributed by atoms with van der Waals surface area (Å²) in [5.41, 5.74) is 0.813. The number of benzene rings is 2. The minimum Gasteiger partial charge on any atom is -0.497 e. The van der Waals surface area contributed by atoms with Gasteiger partial charge in [-0.15, -0.1) is 0 Å². The van der Waals surface area contributed by atoms with E-state index in [4.69, 9.17) is 14.0 Å². The maximum Gasteiger partial charge on any atom is 0.260 e. The van der Waals surface area contributed by atoms with Gasteiger partial charge in [0.2, 0.25) is 11.7 Å². The van der Waals surface area contributed by atoms with E-state index in [2.05, 4.69) is 10.1 Å². The van der Waals surface area contributed by atoms with E-state index >= 15 is 0 Å². The summed E-state index contributed by atoms with van der Waals surface area (Å²) < 4.78 is 15.9. The van der Waals surface area contributed by atoms with Crippen LogP contribution in [0.3, 0.4) is 0 Å². The number of hydrogen-bond acceptors (Lipinski definition) is 6. The Kier molecular flexibility index (Phi) is 6.04. The molecule has 2 aromatic carbocycles. The third-order valence-corrected chi connectivity index (χ3v) is 3.98. The van der Waals surface area contributed by atoms with Crippen LogP contribution in [0.2, 0.25) is 0 Å². The number of rotatable bonds is 8. The van der Waals surface area contributed by atoms with Crippen molar-refractivity contribution in [3.8, 4) is 22.9 Å². The minimum absolute atomic E-state index is 0.0443. The van der Waals surface area contributed by atoms with Crippen LogP contribution in [0.4, 0.5) is 0 Å². The molecule has 0 spiro atoms. The monoisotopic (exact) mass is 367 g/mol. The van der Waals surface area contributed by atoms with E-state index in [9.17, 15) is 4.79 Å². The summed E-state index contributed by atoms with van der Waals surface area (Å²) in [7, 11) is 1.61. The van der Waals surface area contributed by atoms with Crippen molar-refractivity contribution in [2.45, 2.75) is 13.5 Å². The quantitative estimate of drug-likeness (QED) is 0.609. The van der Waals surface area contributed by atoms with Crippen LogP contribution >= 0.6 is 0 Å². The summed E-state index contributed by atoms with van der Waals surface area (Å²) in [4.78, 5) is 18.4. The summed E-state index contributed by atoms with van der Waals surface area (Å²) in [6.07, 6.45) is 0. The predicted molar refractivity (Wildman–Crippen MR) is 99.3 cm³/mol. The minimum atomic E-state index is -0.148. The van der Waals surface area contributed by atoms with Gasteiger partial charge in [-0.3, -0.25) is 4.79 Å². The predicted octanol–water partition coefficient (Wildman–Crippen LogP) is 3.17. The molecule has 27 heavy (non-hydrogen) atoms. The third-order valence-electron chi connectivity index (χ3n) is 3.98.